The fraction of sp³-hybridized carbons (Fsp3) is 0.559. The summed E-state index contributed by atoms with van der Waals surface area (Å²) >= 11 is 3.27. The van der Waals surface area contributed by atoms with Gasteiger partial charge in [-0.15, -0.1) is 0 Å². The number of carbonyl (C=O) groups excluding carboxylic acids is 4. The molecule has 0 amide bonds. The molecular weight excluding hydrogens is 2050 g/mol. The highest BCUT2D eigenvalue weighted by molar-refractivity contribution is 8.01. The van der Waals surface area contributed by atoms with Crippen molar-refractivity contribution in [3.63, 3.8) is 0 Å². The van der Waals surface area contributed by atoms with Gasteiger partial charge in [-0.25, -0.2) is 50.5 Å². The van der Waals surface area contributed by atoms with Gasteiger partial charge in [0, 0.05) is 60.6 Å². The Morgan fingerprint density at radius 1 is 0.280 bits per heavy atom. The quantitative estimate of drug-likeness (QED) is 0.0257. The third kappa shape index (κ3) is 37.3. The second-order valence-electron chi connectivity index (χ2n) is 44.0. The van der Waals surface area contributed by atoms with E-state index in [9.17, 15) is 69.7 Å². The van der Waals surface area contributed by atoms with E-state index in [-0.39, 0.29) is 88.5 Å². The second kappa shape index (κ2) is 55.5. The molecule has 0 spiro atoms. The largest absolute Gasteiger partial charge is 0.486 e. The molecule has 8 aromatic carbocycles. The zero-order chi connectivity index (χ0) is 114. The van der Waals surface area contributed by atoms with Crippen LogP contribution in [0.5, 0.6) is 23.0 Å². The number of aryl methyl sites for hydroxylation is 8. The summed E-state index contributed by atoms with van der Waals surface area (Å²) in [6, 6.07) is 48.0. The summed E-state index contributed by atoms with van der Waals surface area (Å²) in [7, 11) is -21.3. The van der Waals surface area contributed by atoms with Gasteiger partial charge in [0.25, 0.3) is 0 Å². The molecule has 0 bridgehead atoms. The third-order valence-electron chi connectivity index (χ3n) is 28.7. The van der Waals surface area contributed by atoms with Crippen LogP contribution in [0.1, 0.15) is 320 Å². The SMILES string of the molecule is CCC(CC)(c1ccc(NS(=O)(=O)CCS(=O)(=O)C(C)C)c(C)c1)c1ccc(OCC(=O)C(C)(C)C)c(C)c1.CCC(CC)(c1ccc(NS(=O)(=O)CCS(=O)(=O)CC)c(C)c1)c1ccc(OCC(=O)C(C)(C)C)c(C)c1.CCC(CC)(c1ccc(NS(=O)(=O)CCSC(C)C)c(C)c1)c1ccc(OCC(=O)C(C)(C)C)c(C)c1.CCSCCS(=O)(=O)Nc1ccc(C(CC)(CC)c2ccc(OCC(=O)C(C)(C)C)c(C)c2)cc1C. The first-order chi connectivity index (χ1) is 69.3. The third-order valence-corrected chi connectivity index (χ3v) is 40.7. The minimum absolute atomic E-state index is 0.0242. The van der Waals surface area contributed by atoms with Crippen LogP contribution < -0.4 is 37.8 Å². The molecule has 0 aliphatic carbocycles. The summed E-state index contributed by atoms with van der Waals surface area (Å²) < 4.78 is 182. The Kier molecular flexibility index (Phi) is 48.8. The standard InChI is InChI=1S/C30H45NO6S2.C30H45NO4S2.C29H43NO6S2.C29H43NO4S2/c1-10-30(11-2,25-13-15-27(23(6)19-25)37-20-28(32)29(7,8)9)24-12-14-26(22(5)18-24)31-39(35,36)17-16-38(33,34)21(3)4;1-10-30(11-2,25-13-15-27(23(6)19-25)35-20-28(32)29(7,8)9)24-12-14-26(22(5)18-24)31-37(33,34)17-16-36-21(3)4;1-9-29(10-2,24-13-15-26(22(5)19-24)36-20-27(31)28(6,7)8)23-12-14-25(21(4)18-23)30-38(34,35)17-16-37(32,33)11-3;1-9-29(10-2,24-13-15-26(22(5)19-24)34-20-27(31)28(6,7)8)23-12-14-25(21(4)18-23)30-36(32,33)17-16-35-11-3/h12-15,18-19,21,31H,10-11,16-17,20H2,1-9H3;12-15,18-19,21,31H,10-11,16-17,20H2,1-9H3;12-15,18-19,30H,9-11,16-17,20H2,1-8H3;12-15,18-19,30H,9-11,16-17,20H2,1-8H3. The molecule has 8 aromatic rings. The number of ether oxygens (including phenoxy) is 4. The van der Waals surface area contributed by atoms with Crippen LogP contribution in [0, 0.1) is 77.0 Å². The number of hydrogen-bond acceptors (Lipinski definition) is 22. The van der Waals surface area contributed by atoms with Crippen molar-refractivity contribution in [2.45, 2.75) is 319 Å². The lowest BCUT2D eigenvalue weighted by molar-refractivity contribution is -0.129. The second-order valence-corrected chi connectivity index (χ2v) is 59.6. The zero-order valence-electron chi connectivity index (χ0n) is 96.0. The van der Waals surface area contributed by atoms with Crippen LogP contribution in [0.4, 0.5) is 22.7 Å². The topological polar surface area (TPSA) is 358 Å². The first kappa shape index (κ1) is 132. The molecule has 150 heavy (non-hydrogen) atoms. The Morgan fingerprint density at radius 3 is 0.673 bits per heavy atom. The number of Topliss-reactive ketones (excluding diaryl/α,β-unsaturated/α-hetero) is 4. The number of thioether (sulfide) groups is 2. The molecule has 836 valence electrons. The number of carbonyl (C=O) groups is 4. The van der Waals surface area contributed by atoms with Gasteiger partial charge in [0.05, 0.1) is 62.5 Å². The normalized spacial score (nSPS) is 12.7. The fourth-order valence-corrected chi connectivity index (χ4v) is 28.0. The molecule has 0 aromatic heterocycles. The van der Waals surface area contributed by atoms with Crippen molar-refractivity contribution in [1.29, 1.82) is 0 Å². The Balaban J connectivity index is 0.000000351. The van der Waals surface area contributed by atoms with Crippen molar-refractivity contribution in [1.82, 2.24) is 0 Å². The van der Waals surface area contributed by atoms with Crippen molar-refractivity contribution in [2.24, 2.45) is 21.7 Å². The van der Waals surface area contributed by atoms with Crippen LogP contribution >= 0.6 is 23.5 Å². The smallest absolute Gasteiger partial charge is 0.233 e. The van der Waals surface area contributed by atoms with Crippen LogP contribution in [-0.4, -0.2) is 168 Å². The van der Waals surface area contributed by atoms with Crippen LogP contribution in [0.3, 0.4) is 0 Å². The number of sulfonamides is 4. The van der Waals surface area contributed by atoms with Crippen molar-refractivity contribution in [2.75, 3.05) is 103 Å². The van der Waals surface area contributed by atoms with Crippen molar-refractivity contribution < 1.29 is 88.6 Å². The highest BCUT2D eigenvalue weighted by atomic mass is 32.2. The summed E-state index contributed by atoms with van der Waals surface area (Å²) in [5.41, 5.74) is 15.5. The van der Waals surface area contributed by atoms with E-state index in [1.807, 2.05) is 230 Å². The maximum atomic E-state index is 12.6. The van der Waals surface area contributed by atoms with E-state index < -0.39 is 110 Å². The van der Waals surface area contributed by atoms with Crippen LogP contribution in [0.25, 0.3) is 0 Å². The first-order valence-corrected chi connectivity index (χ1v) is 64.8. The van der Waals surface area contributed by atoms with Gasteiger partial charge in [0.2, 0.25) is 40.1 Å². The Hall–Kier alpha value is -8.76. The van der Waals surface area contributed by atoms with Gasteiger partial charge in [0.1, 0.15) is 49.4 Å². The molecule has 0 fully saturated rings. The molecule has 0 saturated carbocycles. The van der Waals surface area contributed by atoms with E-state index in [2.05, 4.69) is 137 Å². The van der Waals surface area contributed by atoms with Gasteiger partial charge in [-0.2, -0.15) is 23.5 Å². The lowest BCUT2D eigenvalue weighted by Gasteiger charge is -2.34. The first-order valence-electron chi connectivity index (χ1n) is 52.5. The number of sulfone groups is 2. The monoisotopic (exact) mass is 2230 g/mol. The van der Waals surface area contributed by atoms with E-state index in [4.69, 9.17) is 18.9 Å². The fourth-order valence-electron chi connectivity index (χ4n) is 17.5. The molecule has 24 nitrogen and oxygen atoms in total. The van der Waals surface area contributed by atoms with Crippen molar-refractivity contribution in [3.05, 3.63) is 235 Å². The molecule has 4 N–H and O–H groups in total. The Bertz CT molecular complexity index is 6650. The molecule has 0 aliphatic heterocycles. The number of anilines is 4. The van der Waals surface area contributed by atoms with Crippen LogP contribution in [0.2, 0.25) is 0 Å². The predicted octanol–water partition coefficient (Wildman–Crippen LogP) is 25.7. The lowest BCUT2D eigenvalue weighted by Crippen LogP contribution is -2.28. The average molecular weight is 2230 g/mol. The number of ketones is 4. The zero-order valence-corrected chi connectivity index (χ0v) is 103. The molecule has 0 saturated heterocycles. The summed E-state index contributed by atoms with van der Waals surface area (Å²) in [6.45, 7) is 66.4. The van der Waals surface area contributed by atoms with Crippen LogP contribution in [0.15, 0.2) is 146 Å². The van der Waals surface area contributed by atoms with E-state index in [1.165, 1.54) is 18.1 Å². The van der Waals surface area contributed by atoms with Gasteiger partial charge < -0.3 is 18.9 Å². The summed E-state index contributed by atoms with van der Waals surface area (Å²) in [4.78, 5) is 49.2. The van der Waals surface area contributed by atoms with Crippen molar-refractivity contribution in [3.8, 4) is 23.0 Å². The minimum atomic E-state index is -3.83. The van der Waals surface area contributed by atoms with Gasteiger partial charge in [0.15, 0.2) is 42.8 Å². The molecule has 0 unspecified atom stereocenters. The molecule has 0 radical (unpaired) electrons. The minimum Gasteiger partial charge on any atom is -0.486 e. The summed E-state index contributed by atoms with van der Waals surface area (Å²) in [6.07, 6.45) is 6.86. The van der Waals surface area contributed by atoms with E-state index in [1.54, 1.807) is 49.5 Å². The summed E-state index contributed by atoms with van der Waals surface area (Å²) in [5, 5.41) is -0.220. The van der Waals surface area contributed by atoms with Gasteiger partial charge in [-0.05, 0) is 269 Å². The maximum absolute atomic E-state index is 12.6. The number of benzene rings is 8. The average Bonchev–Trinajstić information content (AvgIpc) is 0.778. The lowest BCUT2D eigenvalue weighted by atomic mass is 9.70. The highest BCUT2D eigenvalue weighted by Crippen LogP contribution is 2.47. The van der Waals surface area contributed by atoms with Gasteiger partial charge >= 0.3 is 0 Å². The van der Waals surface area contributed by atoms with Crippen molar-refractivity contribution >= 4 is 129 Å². The molecule has 8 rings (SSSR count). The molecule has 0 atom stereocenters. The summed E-state index contributed by atoms with van der Waals surface area (Å²) in [5.74, 6) is 3.39. The number of rotatable bonds is 52. The number of nitrogens with one attached hydrogen (secondary N) is 4. The van der Waals surface area contributed by atoms with Crippen LogP contribution in [-0.2, 0) is 101 Å². The highest BCUT2D eigenvalue weighted by Gasteiger charge is 2.39. The molecule has 0 heterocycles. The van der Waals surface area contributed by atoms with Gasteiger partial charge in [-0.1, -0.05) is 263 Å². The van der Waals surface area contributed by atoms with E-state index in [0.29, 0.717) is 51.0 Å². The molecule has 0 aliphatic rings. The van der Waals surface area contributed by atoms with E-state index in [0.717, 1.165) is 147 Å². The van der Waals surface area contributed by atoms with E-state index >= 15 is 0 Å². The molecule has 32 heteroatoms. The Labute approximate surface area is 911 Å². The predicted molar refractivity (Wildman–Crippen MR) is 628 cm³/mol. The van der Waals surface area contributed by atoms with Gasteiger partial charge in [-0.3, -0.25) is 38.1 Å². The maximum Gasteiger partial charge on any atom is 0.233 e. The molecular formula is C118H176N4O20S8. The Morgan fingerprint density at radius 2 is 0.487 bits per heavy atom. The number of hydrogen-bond donors (Lipinski definition) is 4.